The third-order valence-electron chi connectivity index (χ3n) is 3.77. The van der Waals surface area contributed by atoms with Gasteiger partial charge in [0, 0.05) is 37.4 Å². The first-order chi connectivity index (χ1) is 8.87. The van der Waals surface area contributed by atoms with Gasteiger partial charge in [0.1, 0.15) is 5.54 Å². The second-order valence-corrected chi connectivity index (χ2v) is 5.82. The molecule has 0 spiro atoms. The zero-order valence-electron chi connectivity index (χ0n) is 11.6. The van der Waals surface area contributed by atoms with Crippen molar-refractivity contribution in [3.05, 3.63) is 28.8 Å². The highest BCUT2D eigenvalue weighted by molar-refractivity contribution is 6.31. The fraction of sp³-hybridized carbons (Fsp3) is 0.500. The van der Waals surface area contributed by atoms with E-state index in [0.29, 0.717) is 11.6 Å². The summed E-state index contributed by atoms with van der Waals surface area (Å²) >= 11 is 6.20. The monoisotopic (exact) mass is 281 g/mol. The second kappa shape index (κ2) is 5.02. The van der Waals surface area contributed by atoms with E-state index in [4.69, 9.17) is 17.3 Å². The van der Waals surface area contributed by atoms with Crippen molar-refractivity contribution in [1.82, 2.24) is 4.90 Å². The Bertz CT molecular complexity index is 501. The van der Waals surface area contributed by atoms with Crippen LogP contribution in [0.15, 0.2) is 18.2 Å². The summed E-state index contributed by atoms with van der Waals surface area (Å²) in [6, 6.07) is 5.80. The molecule has 0 aromatic heterocycles. The van der Waals surface area contributed by atoms with Crippen LogP contribution in [0.2, 0.25) is 5.02 Å². The number of benzene rings is 1. The van der Waals surface area contributed by atoms with E-state index in [1.165, 1.54) is 0 Å². The van der Waals surface area contributed by atoms with E-state index in [1.807, 2.05) is 39.1 Å². The molecule has 1 fully saturated rings. The van der Waals surface area contributed by atoms with Crippen molar-refractivity contribution in [2.75, 3.05) is 25.0 Å². The lowest BCUT2D eigenvalue weighted by molar-refractivity contribution is -0.136. The smallest absolute Gasteiger partial charge is 0.247 e. The summed E-state index contributed by atoms with van der Waals surface area (Å²) in [5, 5.41) is 0.655. The fourth-order valence-electron chi connectivity index (χ4n) is 2.54. The van der Waals surface area contributed by atoms with Gasteiger partial charge in [-0.2, -0.15) is 0 Å². The van der Waals surface area contributed by atoms with Gasteiger partial charge in [0.15, 0.2) is 0 Å². The molecule has 0 bridgehead atoms. The highest BCUT2D eigenvalue weighted by atomic mass is 35.5. The van der Waals surface area contributed by atoms with Crippen LogP contribution in [0.3, 0.4) is 0 Å². The molecule has 19 heavy (non-hydrogen) atoms. The first kappa shape index (κ1) is 14.2. The van der Waals surface area contributed by atoms with Gasteiger partial charge in [0.25, 0.3) is 0 Å². The summed E-state index contributed by atoms with van der Waals surface area (Å²) in [5.74, 6) is 0.123. The van der Waals surface area contributed by atoms with Gasteiger partial charge >= 0.3 is 0 Å². The molecular formula is C14H20ClN3O. The summed E-state index contributed by atoms with van der Waals surface area (Å²) in [7, 11) is 1.84. The van der Waals surface area contributed by atoms with Gasteiger partial charge in [-0.1, -0.05) is 17.7 Å². The average molecular weight is 282 g/mol. The Morgan fingerprint density at radius 1 is 1.37 bits per heavy atom. The van der Waals surface area contributed by atoms with Crippen LogP contribution in [0.5, 0.6) is 0 Å². The molecule has 0 atom stereocenters. The summed E-state index contributed by atoms with van der Waals surface area (Å²) in [6.45, 7) is 5.82. The van der Waals surface area contributed by atoms with Crippen molar-refractivity contribution in [3.8, 4) is 0 Å². The van der Waals surface area contributed by atoms with Crippen molar-refractivity contribution in [3.63, 3.8) is 0 Å². The van der Waals surface area contributed by atoms with Crippen LogP contribution in [0.1, 0.15) is 19.4 Å². The SMILES string of the molecule is CN1CCN(c2ccc(CN)c(Cl)c2)C(C)(C)C1=O. The zero-order valence-corrected chi connectivity index (χ0v) is 12.4. The van der Waals surface area contributed by atoms with E-state index in [9.17, 15) is 4.79 Å². The Balaban J connectivity index is 2.36. The number of likely N-dealkylation sites (N-methyl/N-ethyl adjacent to an activating group) is 1. The van der Waals surface area contributed by atoms with Crippen molar-refractivity contribution in [2.45, 2.75) is 25.9 Å². The standard InChI is InChI=1S/C14H20ClN3O/c1-14(2)13(19)17(3)6-7-18(14)11-5-4-10(9-16)12(15)8-11/h4-5,8H,6-7,9,16H2,1-3H3. The molecule has 2 rings (SSSR count). The Hall–Kier alpha value is -1.26. The number of amides is 1. The van der Waals surface area contributed by atoms with Crippen LogP contribution in [-0.4, -0.2) is 36.5 Å². The molecule has 5 heteroatoms. The predicted octanol–water partition coefficient (Wildman–Crippen LogP) is 1.86. The van der Waals surface area contributed by atoms with Crippen molar-refractivity contribution < 1.29 is 4.79 Å². The Morgan fingerprint density at radius 2 is 2.05 bits per heavy atom. The van der Waals surface area contributed by atoms with Crippen LogP contribution < -0.4 is 10.6 Å². The molecule has 0 radical (unpaired) electrons. The molecule has 2 N–H and O–H groups in total. The number of nitrogens with two attached hydrogens (primary N) is 1. The van der Waals surface area contributed by atoms with Crippen molar-refractivity contribution in [1.29, 1.82) is 0 Å². The molecule has 0 unspecified atom stereocenters. The summed E-state index contributed by atoms with van der Waals surface area (Å²) in [4.78, 5) is 16.1. The molecule has 1 aromatic carbocycles. The number of hydrogen-bond acceptors (Lipinski definition) is 3. The molecule has 104 valence electrons. The minimum atomic E-state index is -0.555. The maximum absolute atomic E-state index is 12.3. The van der Waals surface area contributed by atoms with Gasteiger partial charge in [-0.3, -0.25) is 4.79 Å². The lowest BCUT2D eigenvalue weighted by Gasteiger charge is -2.46. The number of halogens is 1. The number of hydrogen-bond donors (Lipinski definition) is 1. The quantitative estimate of drug-likeness (QED) is 0.900. The summed E-state index contributed by atoms with van der Waals surface area (Å²) in [5.41, 5.74) is 6.95. The lowest BCUT2D eigenvalue weighted by atomic mass is 9.96. The molecule has 0 aliphatic carbocycles. The van der Waals surface area contributed by atoms with Gasteiger partial charge in [0.05, 0.1) is 0 Å². The molecule has 1 aliphatic heterocycles. The highest BCUT2D eigenvalue weighted by Gasteiger charge is 2.40. The minimum absolute atomic E-state index is 0.123. The van der Waals surface area contributed by atoms with Gasteiger partial charge in [-0.05, 0) is 31.5 Å². The largest absolute Gasteiger partial charge is 0.356 e. The first-order valence-electron chi connectivity index (χ1n) is 6.39. The Labute approximate surface area is 119 Å². The number of carbonyl (C=O) groups is 1. The maximum Gasteiger partial charge on any atom is 0.247 e. The average Bonchev–Trinajstić information content (AvgIpc) is 2.36. The molecule has 0 saturated carbocycles. The number of nitrogens with zero attached hydrogens (tertiary/aromatic N) is 2. The normalized spacial score (nSPS) is 18.9. The van der Waals surface area contributed by atoms with E-state index in [2.05, 4.69) is 4.90 Å². The van der Waals surface area contributed by atoms with E-state index < -0.39 is 5.54 Å². The molecule has 1 aliphatic rings. The summed E-state index contributed by atoms with van der Waals surface area (Å²) in [6.07, 6.45) is 0. The molecule has 1 amide bonds. The number of rotatable bonds is 2. The van der Waals surface area contributed by atoms with Crippen LogP contribution in [0.25, 0.3) is 0 Å². The van der Waals surface area contributed by atoms with Crippen LogP contribution in [0.4, 0.5) is 5.69 Å². The molecular weight excluding hydrogens is 262 g/mol. The zero-order chi connectivity index (χ0) is 14.2. The Kier molecular flexibility index (Phi) is 3.74. The minimum Gasteiger partial charge on any atom is -0.356 e. The highest BCUT2D eigenvalue weighted by Crippen LogP contribution is 2.31. The van der Waals surface area contributed by atoms with Crippen LogP contribution >= 0.6 is 11.6 Å². The van der Waals surface area contributed by atoms with E-state index >= 15 is 0 Å². The second-order valence-electron chi connectivity index (χ2n) is 5.42. The van der Waals surface area contributed by atoms with Gasteiger partial charge in [0.2, 0.25) is 5.91 Å². The number of piperazine rings is 1. The fourth-order valence-corrected chi connectivity index (χ4v) is 2.79. The molecule has 1 heterocycles. The van der Waals surface area contributed by atoms with Gasteiger partial charge in [-0.15, -0.1) is 0 Å². The van der Waals surface area contributed by atoms with E-state index in [0.717, 1.165) is 24.3 Å². The molecule has 4 nitrogen and oxygen atoms in total. The topological polar surface area (TPSA) is 49.6 Å². The number of anilines is 1. The molecule has 1 aromatic rings. The number of carbonyl (C=O) groups excluding carboxylic acids is 1. The lowest BCUT2D eigenvalue weighted by Crippen LogP contribution is -2.62. The van der Waals surface area contributed by atoms with E-state index in [-0.39, 0.29) is 5.91 Å². The van der Waals surface area contributed by atoms with Crippen LogP contribution in [0, 0.1) is 0 Å². The predicted molar refractivity (Wildman–Crippen MR) is 78.4 cm³/mol. The van der Waals surface area contributed by atoms with Crippen molar-refractivity contribution >= 4 is 23.2 Å². The van der Waals surface area contributed by atoms with Gasteiger partial charge < -0.3 is 15.5 Å². The third kappa shape index (κ3) is 2.42. The summed E-state index contributed by atoms with van der Waals surface area (Å²) < 4.78 is 0. The Morgan fingerprint density at radius 3 is 2.63 bits per heavy atom. The third-order valence-corrected chi connectivity index (χ3v) is 4.12. The maximum atomic E-state index is 12.3. The first-order valence-corrected chi connectivity index (χ1v) is 6.77. The van der Waals surface area contributed by atoms with Crippen molar-refractivity contribution in [2.24, 2.45) is 5.73 Å². The van der Waals surface area contributed by atoms with Gasteiger partial charge in [-0.25, -0.2) is 0 Å². The van der Waals surface area contributed by atoms with E-state index in [1.54, 1.807) is 4.90 Å². The van der Waals surface area contributed by atoms with Crippen LogP contribution in [-0.2, 0) is 11.3 Å². The molecule has 1 saturated heterocycles.